The molecule has 0 heterocycles. The second-order valence-corrected chi connectivity index (χ2v) is 5.96. The lowest BCUT2D eigenvalue weighted by atomic mass is 10.0. The topological polar surface area (TPSA) is 3.24 Å². The predicted molar refractivity (Wildman–Crippen MR) is 97.0 cm³/mol. The lowest BCUT2D eigenvalue weighted by Crippen LogP contribution is -2.26. The third-order valence-electron chi connectivity index (χ3n) is 4.29. The van der Waals surface area contributed by atoms with E-state index in [0.717, 1.165) is 13.1 Å². The van der Waals surface area contributed by atoms with Crippen molar-refractivity contribution in [2.24, 2.45) is 0 Å². The number of hydrogen-bond acceptors (Lipinski definition) is 1. The molecule has 0 N–H and O–H groups in total. The molecule has 3 aromatic carbocycles. The highest BCUT2D eigenvalue weighted by Gasteiger charge is 2.16. The molecule has 0 aliphatic rings. The van der Waals surface area contributed by atoms with Crippen molar-refractivity contribution in [1.29, 1.82) is 0 Å². The Hall–Kier alpha value is -2.38. The minimum absolute atomic E-state index is 0.372. The summed E-state index contributed by atoms with van der Waals surface area (Å²) in [4.78, 5) is 2.53. The summed E-state index contributed by atoms with van der Waals surface area (Å²) in [5.74, 6) is 0. The summed E-state index contributed by atoms with van der Waals surface area (Å²) in [5.41, 5.74) is 4.07. The van der Waals surface area contributed by atoms with Gasteiger partial charge in [-0.3, -0.25) is 4.90 Å². The summed E-state index contributed by atoms with van der Waals surface area (Å²) in [7, 11) is 0. The molecule has 3 aromatic rings. The smallest absolute Gasteiger partial charge is 0.0326 e. The fraction of sp³-hybridized carbons (Fsp3) is 0.182. The molecule has 0 aliphatic heterocycles. The van der Waals surface area contributed by atoms with Crippen molar-refractivity contribution in [3.63, 3.8) is 0 Å². The van der Waals surface area contributed by atoms with Gasteiger partial charge in [-0.1, -0.05) is 91.0 Å². The molecule has 1 heteroatoms. The molecule has 1 atom stereocenters. The Labute approximate surface area is 139 Å². The van der Waals surface area contributed by atoms with Gasteiger partial charge in [0.2, 0.25) is 0 Å². The van der Waals surface area contributed by atoms with Gasteiger partial charge in [-0.05, 0) is 23.6 Å². The lowest BCUT2D eigenvalue weighted by molar-refractivity contribution is 0.192. The molecule has 0 spiro atoms. The highest BCUT2D eigenvalue weighted by Crippen LogP contribution is 2.24. The average molecular weight is 301 g/mol. The standard InChI is InChI=1S/C22H23N/c1-19(22-15-9-4-10-16-22)23(17-20-11-5-2-6-12-20)18-21-13-7-3-8-14-21/h2-16,19H,17-18H2,1H3/t19-/m0/s1. The van der Waals surface area contributed by atoms with Gasteiger partial charge in [0.05, 0.1) is 0 Å². The van der Waals surface area contributed by atoms with Gasteiger partial charge >= 0.3 is 0 Å². The van der Waals surface area contributed by atoms with Gasteiger partial charge in [0.25, 0.3) is 0 Å². The van der Waals surface area contributed by atoms with Gasteiger partial charge in [-0.15, -0.1) is 0 Å². The van der Waals surface area contributed by atoms with Crippen LogP contribution in [0.3, 0.4) is 0 Å². The van der Waals surface area contributed by atoms with Crippen LogP contribution in [0.25, 0.3) is 0 Å². The second kappa shape index (κ2) is 7.75. The van der Waals surface area contributed by atoms with E-state index >= 15 is 0 Å². The zero-order valence-electron chi connectivity index (χ0n) is 13.6. The summed E-state index contributed by atoms with van der Waals surface area (Å²) in [6.07, 6.45) is 0. The van der Waals surface area contributed by atoms with E-state index in [2.05, 4.69) is 103 Å². The van der Waals surface area contributed by atoms with Gasteiger partial charge in [-0.25, -0.2) is 0 Å². The zero-order chi connectivity index (χ0) is 15.9. The number of rotatable bonds is 6. The summed E-state index contributed by atoms with van der Waals surface area (Å²) in [6, 6.07) is 32.5. The molecule has 3 rings (SSSR count). The quantitative estimate of drug-likeness (QED) is 0.585. The first-order chi connectivity index (χ1) is 11.3. The van der Waals surface area contributed by atoms with Crippen LogP contribution in [0.4, 0.5) is 0 Å². The van der Waals surface area contributed by atoms with Crippen LogP contribution in [-0.4, -0.2) is 4.90 Å². The maximum absolute atomic E-state index is 2.53. The van der Waals surface area contributed by atoms with E-state index in [-0.39, 0.29) is 0 Å². The fourth-order valence-corrected chi connectivity index (χ4v) is 2.91. The molecule has 0 fully saturated rings. The maximum atomic E-state index is 2.53. The summed E-state index contributed by atoms with van der Waals surface area (Å²) in [6.45, 7) is 4.19. The van der Waals surface area contributed by atoms with Gasteiger partial charge in [0.1, 0.15) is 0 Å². The second-order valence-electron chi connectivity index (χ2n) is 5.96. The number of hydrogen-bond donors (Lipinski definition) is 0. The normalized spacial score (nSPS) is 12.3. The van der Waals surface area contributed by atoms with E-state index in [1.54, 1.807) is 0 Å². The SMILES string of the molecule is C[C@@H](c1ccccc1)N(Cc1ccccc1)Cc1ccccc1. The van der Waals surface area contributed by atoms with Crippen LogP contribution in [-0.2, 0) is 13.1 Å². The highest BCUT2D eigenvalue weighted by atomic mass is 15.1. The van der Waals surface area contributed by atoms with Crippen LogP contribution in [0, 0.1) is 0 Å². The van der Waals surface area contributed by atoms with Crippen molar-refractivity contribution >= 4 is 0 Å². The Morgan fingerprint density at radius 1 is 0.609 bits per heavy atom. The highest BCUT2D eigenvalue weighted by molar-refractivity contribution is 5.21. The first kappa shape index (κ1) is 15.5. The van der Waals surface area contributed by atoms with Gasteiger partial charge in [-0.2, -0.15) is 0 Å². The number of benzene rings is 3. The van der Waals surface area contributed by atoms with Crippen molar-refractivity contribution in [3.8, 4) is 0 Å². The van der Waals surface area contributed by atoms with Crippen LogP contribution in [0.1, 0.15) is 29.7 Å². The Balaban J connectivity index is 1.83. The first-order valence-electron chi connectivity index (χ1n) is 8.20. The third kappa shape index (κ3) is 4.30. The van der Waals surface area contributed by atoms with Crippen molar-refractivity contribution in [2.75, 3.05) is 0 Å². The van der Waals surface area contributed by atoms with Crippen molar-refractivity contribution in [2.45, 2.75) is 26.1 Å². The van der Waals surface area contributed by atoms with E-state index in [0.29, 0.717) is 6.04 Å². The van der Waals surface area contributed by atoms with Gasteiger partial charge < -0.3 is 0 Å². The molecular formula is C22H23N. The van der Waals surface area contributed by atoms with E-state index in [4.69, 9.17) is 0 Å². The molecule has 0 unspecified atom stereocenters. The largest absolute Gasteiger partial charge is 0.288 e. The van der Waals surface area contributed by atoms with Crippen LogP contribution >= 0.6 is 0 Å². The van der Waals surface area contributed by atoms with E-state index in [1.807, 2.05) is 0 Å². The molecular weight excluding hydrogens is 278 g/mol. The molecule has 0 amide bonds. The van der Waals surface area contributed by atoms with Crippen molar-refractivity contribution < 1.29 is 0 Å². The molecule has 0 saturated heterocycles. The molecule has 1 nitrogen and oxygen atoms in total. The molecule has 0 radical (unpaired) electrons. The van der Waals surface area contributed by atoms with E-state index < -0.39 is 0 Å². The van der Waals surface area contributed by atoms with Gasteiger partial charge in [0.15, 0.2) is 0 Å². The average Bonchev–Trinajstić information content (AvgIpc) is 2.63. The third-order valence-corrected chi connectivity index (χ3v) is 4.29. The summed E-state index contributed by atoms with van der Waals surface area (Å²) in [5, 5.41) is 0. The predicted octanol–water partition coefficient (Wildman–Crippen LogP) is 5.45. The fourth-order valence-electron chi connectivity index (χ4n) is 2.91. The van der Waals surface area contributed by atoms with Crippen LogP contribution < -0.4 is 0 Å². The Morgan fingerprint density at radius 2 is 1.00 bits per heavy atom. The van der Waals surface area contributed by atoms with Crippen LogP contribution in [0.5, 0.6) is 0 Å². The van der Waals surface area contributed by atoms with Crippen molar-refractivity contribution in [1.82, 2.24) is 4.90 Å². The van der Waals surface area contributed by atoms with Gasteiger partial charge in [0, 0.05) is 19.1 Å². The molecule has 0 saturated carbocycles. The van der Waals surface area contributed by atoms with E-state index in [1.165, 1.54) is 16.7 Å². The number of nitrogens with zero attached hydrogens (tertiary/aromatic N) is 1. The Morgan fingerprint density at radius 3 is 1.43 bits per heavy atom. The van der Waals surface area contributed by atoms with Crippen LogP contribution in [0.2, 0.25) is 0 Å². The maximum Gasteiger partial charge on any atom is 0.0326 e. The monoisotopic (exact) mass is 301 g/mol. The minimum atomic E-state index is 0.372. The summed E-state index contributed by atoms with van der Waals surface area (Å²) >= 11 is 0. The van der Waals surface area contributed by atoms with E-state index in [9.17, 15) is 0 Å². The first-order valence-corrected chi connectivity index (χ1v) is 8.20. The molecule has 0 bridgehead atoms. The molecule has 0 aromatic heterocycles. The van der Waals surface area contributed by atoms with Crippen molar-refractivity contribution in [3.05, 3.63) is 108 Å². The molecule has 116 valence electrons. The minimum Gasteiger partial charge on any atom is -0.288 e. The zero-order valence-corrected chi connectivity index (χ0v) is 13.6. The Kier molecular flexibility index (Phi) is 5.23. The molecule has 0 aliphatic carbocycles. The molecule has 23 heavy (non-hydrogen) atoms. The van der Waals surface area contributed by atoms with Crippen LogP contribution in [0.15, 0.2) is 91.0 Å². The Bertz CT molecular complexity index is 650. The summed E-state index contributed by atoms with van der Waals surface area (Å²) < 4.78 is 0. The lowest BCUT2D eigenvalue weighted by Gasteiger charge is -2.30.